The first-order chi connectivity index (χ1) is 15.2. The summed E-state index contributed by atoms with van der Waals surface area (Å²) in [5.41, 5.74) is -2.15. The minimum Gasteiger partial charge on any atom is -0.456 e. The lowest BCUT2D eigenvalue weighted by atomic mass is 9.91. The Kier molecular flexibility index (Phi) is 6.17. The van der Waals surface area contributed by atoms with Crippen LogP contribution in [0.5, 0.6) is 0 Å². The fraction of sp³-hybridized carbons (Fsp3) is 0.385. The van der Waals surface area contributed by atoms with Gasteiger partial charge in [-0.15, -0.1) is 0 Å². The van der Waals surface area contributed by atoms with Crippen molar-refractivity contribution >= 4 is 33.5 Å². The van der Waals surface area contributed by atoms with E-state index in [9.17, 15) is 19.2 Å². The summed E-state index contributed by atoms with van der Waals surface area (Å²) >= 11 is 0. The van der Waals surface area contributed by atoms with Gasteiger partial charge in [-0.05, 0) is 92.3 Å². The molecule has 0 radical (unpaired) electrons. The number of ketones is 2. The Morgan fingerprint density at radius 2 is 1.00 bits per heavy atom. The predicted molar refractivity (Wildman–Crippen MR) is 130 cm³/mol. The van der Waals surface area contributed by atoms with Crippen molar-refractivity contribution in [2.24, 2.45) is 0 Å². The van der Waals surface area contributed by atoms with Crippen LogP contribution in [0.4, 0.5) is 0 Å². The second-order valence-corrected chi connectivity index (χ2v) is 9.75. The highest BCUT2D eigenvalue weighted by Gasteiger charge is 2.32. The van der Waals surface area contributed by atoms with Crippen LogP contribution in [0, 0.1) is 0 Å². The van der Waals surface area contributed by atoms with E-state index < -0.39 is 21.9 Å². The van der Waals surface area contributed by atoms with Gasteiger partial charge in [-0.25, -0.2) is 0 Å². The van der Waals surface area contributed by atoms with Gasteiger partial charge in [0.25, 0.3) is 0 Å². The average Bonchev–Trinajstić information content (AvgIpc) is 2.86. The molecule has 0 fully saturated rings. The standard InChI is InChI=1S/C26H30N2O5/c1-25(2,27(5)6)23(31)15-9-11-19-17(13-15)21(29)22(30)18-14-16(10-12-20(18)33-19)24(32)26(3,4)28(7)8/h9-14H,1-8H3. The van der Waals surface area contributed by atoms with Gasteiger partial charge in [0.2, 0.25) is 10.9 Å². The first-order valence-corrected chi connectivity index (χ1v) is 10.7. The number of carbonyl (C=O) groups is 2. The van der Waals surface area contributed by atoms with Crippen molar-refractivity contribution in [2.75, 3.05) is 28.2 Å². The Labute approximate surface area is 192 Å². The summed E-state index contributed by atoms with van der Waals surface area (Å²) in [4.78, 5) is 55.8. The third-order valence-electron chi connectivity index (χ3n) is 6.75. The highest BCUT2D eigenvalue weighted by atomic mass is 16.3. The first kappa shape index (κ1) is 24.5. The van der Waals surface area contributed by atoms with E-state index in [-0.39, 0.29) is 33.5 Å². The lowest BCUT2D eigenvalue weighted by molar-refractivity contribution is 0.0750. The predicted octanol–water partition coefficient (Wildman–Crippen LogP) is 3.35. The zero-order valence-electron chi connectivity index (χ0n) is 20.4. The maximum Gasteiger partial charge on any atom is 0.237 e. The van der Waals surface area contributed by atoms with Crippen LogP contribution in [0.25, 0.3) is 21.9 Å². The fourth-order valence-electron chi connectivity index (χ4n) is 3.35. The highest BCUT2D eigenvalue weighted by Crippen LogP contribution is 2.24. The van der Waals surface area contributed by atoms with E-state index in [4.69, 9.17) is 4.42 Å². The molecule has 0 saturated carbocycles. The van der Waals surface area contributed by atoms with Crippen LogP contribution in [0.2, 0.25) is 0 Å². The van der Waals surface area contributed by atoms with Gasteiger partial charge in [-0.3, -0.25) is 29.0 Å². The molecule has 0 amide bonds. The smallest absolute Gasteiger partial charge is 0.237 e. The number of hydrogen-bond donors (Lipinski definition) is 0. The maximum atomic E-state index is 13.1. The minimum atomic E-state index is -0.801. The molecule has 7 nitrogen and oxygen atoms in total. The Morgan fingerprint density at radius 3 is 1.30 bits per heavy atom. The van der Waals surface area contributed by atoms with E-state index in [0.29, 0.717) is 11.1 Å². The van der Waals surface area contributed by atoms with Crippen LogP contribution in [0.3, 0.4) is 0 Å². The molecule has 33 heavy (non-hydrogen) atoms. The molecule has 3 rings (SSSR count). The van der Waals surface area contributed by atoms with Gasteiger partial charge in [-0.1, -0.05) is 0 Å². The van der Waals surface area contributed by atoms with Crippen LogP contribution < -0.4 is 10.9 Å². The van der Waals surface area contributed by atoms with Gasteiger partial charge >= 0.3 is 0 Å². The molecule has 0 aliphatic rings. The molecule has 0 bridgehead atoms. The number of fused-ring (bicyclic) bond motifs is 2. The minimum absolute atomic E-state index is 0.0260. The fourth-order valence-corrected chi connectivity index (χ4v) is 3.35. The summed E-state index contributed by atoms with van der Waals surface area (Å²) in [5.74, 6) is -0.368. The molecule has 0 spiro atoms. The lowest BCUT2D eigenvalue weighted by Gasteiger charge is -2.30. The molecule has 1 heterocycles. The molecule has 0 aliphatic heterocycles. The third kappa shape index (κ3) is 4.14. The van der Waals surface area contributed by atoms with Gasteiger partial charge < -0.3 is 4.42 Å². The van der Waals surface area contributed by atoms with E-state index in [2.05, 4.69) is 0 Å². The summed E-state index contributed by atoms with van der Waals surface area (Å²) in [6, 6.07) is 9.07. The molecule has 0 saturated heterocycles. The first-order valence-electron chi connectivity index (χ1n) is 10.7. The summed E-state index contributed by atoms with van der Waals surface area (Å²) in [5, 5.41) is 0.0520. The van der Waals surface area contributed by atoms with E-state index in [1.165, 1.54) is 24.3 Å². The third-order valence-corrected chi connectivity index (χ3v) is 6.75. The van der Waals surface area contributed by atoms with Gasteiger partial charge in [0.05, 0.1) is 21.9 Å². The average molecular weight is 451 g/mol. The SMILES string of the molecule is CN(C)C(C)(C)C(=O)c1ccc2oc3ccc(C(=O)C(C)(C)N(C)C)cc3c(=O)c(=O)c2c1. The van der Waals surface area contributed by atoms with E-state index >= 15 is 0 Å². The molecule has 2 aromatic carbocycles. The molecule has 174 valence electrons. The summed E-state index contributed by atoms with van der Waals surface area (Å²) in [6.07, 6.45) is 0. The molecule has 0 N–H and O–H groups in total. The normalized spacial score (nSPS) is 12.7. The largest absolute Gasteiger partial charge is 0.456 e. The number of rotatable bonds is 6. The maximum absolute atomic E-state index is 13.1. The Balaban J connectivity index is 2.27. The van der Waals surface area contributed by atoms with Crippen LogP contribution in [-0.2, 0) is 0 Å². The molecule has 1 aromatic heterocycles. The molecule has 7 heteroatoms. The van der Waals surface area contributed by atoms with Gasteiger partial charge in [-0.2, -0.15) is 0 Å². The van der Waals surface area contributed by atoms with Crippen molar-refractivity contribution in [1.82, 2.24) is 9.80 Å². The summed E-state index contributed by atoms with van der Waals surface area (Å²) < 4.78 is 5.89. The Bertz CT molecular complexity index is 1290. The molecule has 3 aromatic rings. The van der Waals surface area contributed by atoms with E-state index in [0.717, 1.165) is 0 Å². The van der Waals surface area contributed by atoms with Gasteiger partial charge in [0.1, 0.15) is 11.2 Å². The quantitative estimate of drug-likeness (QED) is 0.420. The Hall–Kier alpha value is -3.16. The van der Waals surface area contributed by atoms with Crippen molar-refractivity contribution < 1.29 is 14.0 Å². The van der Waals surface area contributed by atoms with Crippen LogP contribution in [0.15, 0.2) is 50.4 Å². The zero-order chi connectivity index (χ0) is 24.9. The number of benzene rings is 2. The monoisotopic (exact) mass is 450 g/mol. The summed E-state index contributed by atoms with van der Waals surface area (Å²) in [7, 11) is 7.19. The molecule has 0 atom stereocenters. The molecular weight excluding hydrogens is 420 g/mol. The molecule has 0 aliphatic carbocycles. The lowest BCUT2D eigenvalue weighted by Crippen LogP contribution is -2.45. The van der Waals surface area contributed by atoms with Crippen LogP contribution in [-0.4, -0.2) is 60.6 Å². The van der Waals surface area contributed by atoms with Crippen molar-refractivity contribution in [2.45, 2.75) is 38.8 Å². The molecular formula is C26H30N2O5. The van der Waals surface area contributed by atoms with Crippen LogP contribution in [0.1, 0.15) is 48.4 Å². The number of carbonyl (C=O) groups excluding carboxylic acids is 2. The molecule has 0 unspecified atom stereocenters. The number of nitrogens with zero attached hydrogens (tertiary/aromatic N) is 2. The number of Topliss-reactive ketones (excluding diaryl/α,β-unsaturated/α-hetero) is 2. The second-order valence-electron chi connectivity index (χ2n) is 9.75. The van der Waals surface area contributed by atoms with Crippen LogP contribution >= 0.6 is 0 Å². The second kappa shape index (κ2) is 8.32. The number of likely N-dealkylation sites (N-methyl/N-ethyl adjacent to an activating group) is 2. The van der Waals surface area contributed by atoms with Crippen molar-refractivity contribution in [3.63, 3.8) is 0 Å². The van der Waals surface area contributed by atoms with Crippen molar-refractivity contribution in [3.05, 3.63) is 68.0 Å². The Morgan fingerprint density at radius 1 is 0.667 bits per heavy atom. The van der Waals surface area contributed by atoms with Gasteiger partial charge in [0.15, 0.2) is 11.6 Å². The zero-order valence-corrected chi connectivity index (χ0v) is 20.4. The topological polar surface area (TPSA) is 87.9 Å². The van der Waals surface area contributed by atoms with Crippen molar-refractivity contribution in [1.29, 1.82) is 0 Å². The van der Waals surface area contributed by atoms with E-state index in [1.807, 2.05) is 0 Å². The number of hydrogen-bond acceptors (Lipinski definition) is 7. The highest BCUT2D eigenvalue weighted by molar-refractivity contribution is 6.06. The van der Waals surface area contributed by atoms with Gasteiger partial charge in [0, 0.05) is 11.1 Å². The summed E-state index contributed by atoms with van der Waals surface area (Å²) in [6.45, 7) is 7.14. The van der Waals surface area contributed by atoms with Crippen molar-refractivity contribution in [3.8, 4) is 0 Å². The van der Waals surface area contributed by atoms with E-state index in [1.54, 1.807) is 77.8 Å².